The highest BCUT2D eigenvalue weighted by atomic mass is 35.5. The van der Waals surface area contributed by atoms with Gasteiger partial charge >= 0.3 is 0 Å². The molecule has 1 unspecified atom stereocenters. The first-order valence-corrected chi connectivity index (χ1v) is 8.20. The second-order valence-corrected chi connectivity index (χ2v) is 6.45. The number of nitrogens with one attached hydrogen (secondary N) is 2. The highest BCUT2D eigenvalue weighted by Crippen LogP contribution is 2.33. The summed E-state index contributed by atoms with van der Waals surface area (Å²) in [6.45, 7) is 3.70. The molecule has 4 nitrogen and oxygen atoms in total. The third-order valence-corrected chi connectivity index (χ3v) is 4.69. The average molecular weight is 340 g/mol. The van der Waals surface area contributed by atoms with E-state index in [0.29, 0.717) is 10.9 Å². The molecule has 118 valence electrons. The highest BCUT2D eigenvalue weighted by Gasteiger charge is 2.31. The van der Waals surface area contributed by atoms with Crippen molar-refractivity contribution in [2.75, 3.05) is 13.2 Å². The number of rotatable bonds is 5. The van der Waals surface area contributed by atoms with Gasteiger partial charge < -0.3 is 15.0 Å². The van der Waals surface area contributed by atoms with Gasteiger partial charge in [-0.2, -0.15) is 0 Å². The molecule has 1 aliphatic heterocycles. The maximum atomic E-state index is 6.26. The molecule has 0 saturated carbocycles. The van der Waals surface area contributed by atoms with Crippen LogP contribution in [0, 0.1) is 5.92 Å². The van der Waals surface area contributed by atoms with Crippen molar-refractivity contribution in [2.45, 2.75) is 25.5 Å². The predicted octanol–water partition coefficient (Wildman–Crippen LogP) is 4.14. The summed E-state index contributed by atoms with van der Waals surface area (Å²) < 4.78 is 5.81. The minimum Gasteiger partial charge on any atom is -0.370 e. The topological polar surface area (TPSA) is 49.9 Å². The zero-order valence-electron chi connectivity index (χ0n) is 12.4. The molecule has 1 aliphatic rings. The Morgan fingerprint density at radius 1 is 1.45 bits per heavy atom. The molecule has 0 spiro atoms. The number of nitrogens with zero attached hydrogens (tertiary/aromatic N) is 1. The van der Waals surface area contributed by atoms with Gasteiger partial charge in [0.1, 0.15) is 11.9 Å². The number of aromatic nitrogens is 2. The van der Waals surface area contributed by atoms with E-state index < -0.39 is 0 Å². The highest BCUT2D eigenvalue weighted by molar-refractivity contribution is 6.33. The first kappa shape index (κ1) is 15.8. The van der Waals surface area contributed by atoms with Crippen LogP contribution in [0.2, 0.25) is 10.0 Å². The van der Waals surface area contributed by atoms with Gasteiger partial charge in [-0.15, -0.1) is 0 Å². The second-order valence-electron chi connectivity index (χ2n) is 5.61. The summed E-state index contributed by atoms with van der Waals surface area (Å²) in [7, 11) is 0. The summed E-state index contributed by atoms with van der Waals surface area (Å²) in [4.78, 5) is 7.46. The third-order valence-electron chi connectivity index (χ3n) is 4.11. The van der Waals surface area contributed by atoms with Crippen molar-refractivity contribution < 1.29 is 4.74 Å². The van der Waals surface area contributed by atoms with Gasteiger partial charge in [0.2, 0.25) is 0 Å². The van der Waals surface area contributed by atoms with Crippen LogP contribution in [0.1, 0.15) is 36.9 Å². The van der Waals surface area contributed by atoms with Gasteiger partial charge in [0.15, 0.2) is 0 Å². The average Bonchev–Trinajstić information content (AvgIpc) is 3.17. The standard InChI is InChI=1S/C16H19Cl2N3O/c1-10(13-8-12(17)2-3-14(13)18)21-9-11-4-7-22-15(11)16-19-5-6-20-16/h2-3,5-6,8,10-11,15,21H,4,7,9H2,1H3,(H,19,20)/t10?,11-,15+/m0/s1. The zero-order chi connectivity index (χ0) is 15.5. The normalized spacial score (nSPS) is 22.9. The van der Waals surface area contributed by atoms with Crippen LogP contribution in [0.25, 0.3) is 0 Å². The number of hydrogen-bond donors (Lipinski definition) is 2. The van der Waals surface area contributed by atoms with E-state index in [2.05, 4.69) is 22.2 Å². The lowest BCUT2D eigenvalue weighted by Crippen LogP contribution is -2.28. The van der Waals surface area contributed by atoms with Gasteiger partial charge in [-0.25, -0.2) is 4.98 Å². The molecular formula is C16H19Cl2N3O. The summed E-state index contributed by atoms with van der Waals surface area (Å²) >= 11 is 12.3. The summed E-state index contributed by atoms with van der Waals surface area (Å²) in [6, 6.07) is 5.68. The first-order chi connectivity index (χ1) is 10.6. The fourth-order valence-corrected chi connectivity index (χ4v) is 3.32. The van der Waals surface area contributed by atoms with E-state index in [1.807, 2.05) is 18.3 Å². The van der Waals surface area contributed by atoms with E-state index in [1.165, 1.54) is 0 Å². The molecule has 3 rings (SSSR count). The number of aromatic amines is 1. The largest absolute Gasteiger partial charge is 0.370 e. The molecule has 0 aliphatic carbocycles. The Hall–Kier alpha value is -1.07. The molecule has 2 N–H and O–H groups in total. The smallest absolute Gasteiger partial charge is 0.135 e. The molecule has 1 saturated heterocycles. The minimum absolute atomic E-state index is 0.0320. The number of benzene rings is 1. The minimum atomic E-state index is 0.0320. The second kappa shape index (κ2) is 7.01. The number of ether oxygens (including phenoxy) is 1. The summed E-state index contributed by atoms with van der Waals surface area (Å²) in [5.41, 5.74) is 1.02. The lowest BCUT2D eigenvalue weighted by atomic mass is 10.00. The summed E-state index contributed by atoms with van der Waals surface area (Å²) in [6.07, 6.45) is 4.64. The fourth-order valence-electron chi connectivity index (χ4n) is 2.86. The molecule has 1 aromatic heterocycles. The van der Waals surface area contributed by atoms with Gasteiger partial charge in [-0.3, -0.25) is 0 Å². The van der Waals surface area contributed by atoms with E-state index in [-0.39, 0.29) is 12.1 Å². The molecular weight excluding hydrogens is 321 g/mol. The Kier molecular flexibility index (Phi) is 5.03. The van der Waals surface area contributed by atoms with E-state index >= 15 is 0 Å². The van der Waals surface area contributed by atoms with Gasteiger partial charge in [0.25, 0.3) is 0 Å². The summed E-state index contributed by atoms with van der Waals surface area (Å²) in [5.74, 6) is 1.30. The first-order valence-electron chi connectivity index (χ1n) is 7.44. The van der Waals surface area contributed by atoms with E-state index in [1.54, 1.807) is 12.3 Å². The van der Waals surface area contributed by atoms with Gasteiger partial charge in [-0.05, 0) is 37.1 Å². The van der Waals surface area contributed by atoms with Crippen LogP contribution in [0.5, 0.6) is 0 Å². The molecule has 0 amide bonds. The van der Waals surface area contributed by atoms with Crippen molar-refractivity contribution in [3.05, 3.63) is 52.0 Å². The molecule has 1 aromatic carbocycles. The van der Waals surface area contributed by atoms with Crippen LogP contribution in [0.3, 0.4) is 0 Å². The molecule has 6 heteroatoms. The van der Waals surface area contributed by atoms with Crippen molar-refractivity contribution in [2.24, 2.45) is 5.92 Å². The molecule has 2 heterocycles. The predicted molar refractivity (Wildman–Crippen MR) is 88.3 cm³/mol. The zero-order valence-corrected chi connectivity index (χ0v) is 13.9. The van der Waals surface area contributed by atoms with Crippen molar-refractivity contribution in [3.63, 3.8) is 0 Å². The van der Waals surface area contributed by atoms with Crippen LogP contribution in [0.15, 0.2) is 30.6 Å². The van der Waals surface area contributed by atoms with Gasteiger partial charge in [-0.1, -0.05) is 23.2 Å². The number of imidazole rings is 1. The molecule has 0 radical (unpaired) electrons. The molecule has 0 bridgehead atoms. The number of hydrogen-bond acceptors (Lipinski definition) is 3. The van der Waals surface area contributed by atoms with Crippen LogP contribution in [-0.4, -0.2) is 23.1 Å². The SMILES string of the molecule is CC(NC[C@@H]1CCO[C@H]1c1ncc[nH]1)c1cc(Cl)ccc1Cl. The van der Waals surface area contributed by atoms with Crippen LogP contribution in [0.4, 0.5) is 0 Å². The Labute approximate surface area is 140 Å². The van der Waals surface area contributed by atoms with E-state index in [4.69, 9.17) is 27.9 Å². The van der Waals surface area contributed by atoms with Crippen LogP contribution < -0.4 is 5.32 Å². The third kappa shape index (κ3) is 3.46. The fraction of sp³-hybridized carbons (Fsp3) is 0.438. The van der Waals surface area contributed by atoms with E-state index in [9.17, 15) is 0 Å². The van der Waals surface area contributed by atoms with Crippen LogP contribution >= 0.6 is 23.2 Å². The van der Waals surface area contributed by atoms with Gasteiger partial charge in [0, 0.05) is 47.6 Å². The number of H-pyrrole nitrogens is 1. The lowest BCUT2D eigenvalue weighted by Gasteiger charge is -2.21. The Bertz CT molecular complexity index is 618. The van der Waals surface area contributed by atoms with Crippen molar-refractivity contribution in [1.29, 1.82) is 0 Å². The molecule has 2 aromatic rings. The Morgan fingerprint density at radius 3 is 3.09 bits per heavy atom. The summed E-state index contributed by atoms with van der Waals surface area (Å²) in [5, 5.41) is 4.97. The van der Waals surface area contributed by atoms with Crippen molar-refractivity contribution in [1.82, 2.24) is 15.3 Å². The molecule has 1 fully saturated rings. The Morgan fingerprint density at radius 2 is 2.32 bits per heavy atom. The lowest BCUT2D eigenvalue weighted by molar-refractivity contribution is 0.0834. The van der Waals surface area contributed by atoms with Crippen molar-refractivity contribution in [3.8, 4) is 0 Å². The van der Waals surface area contributed by atoms with Crippen molar-refractivity contribution >= 4 is 23.2 Å². The quantitative estimate of drug-likeness (QED) is 0.860. The molecule has 3 atom stereocenters. The van der Waals surface area contributed by atoms with Gasteiger partial charge in [0.05, 0.1) is 0 Å². The van der Waals surface area contributed by atoms with E-state index in [0.717, 1.165) is 36.0 Å². The maximum absolute atomic E-state index is 6.26. The maximum Gasteiger partial charge on any atom is 0.135 e. The van der Waals surface area contributed by atoms with Crippen LogP contribution in [-0.2, 0) is 4.74 Å². The number of halogens is 2. The Balaban J connectivity index is 1.63. The monoisotopic (exact) mass is 339 g/mol. The molecule has 22 heavy (non-hydrogen) atoms.